The number of hydrogen-bond acceptors (Lipinski definition) is 2. The lowest BCUT2D eigenvalue weighted by Gasteiger charge is -2.13. The Balaban J connectivity index is 0. The monoisotopic (exact) mass is 516 g/mol. The maximum Gasteiger partial charge on any atom is 0.188 e. The summed E-state index contributed by atoms with van der Waals surface area (Å²) in [4.78, 5) is 21.5. The summed E-state index contributed by atoms with van der Waals surface area (Å²) in [5.41, 5.74) is 0. The molecular weight excluding hydrogens is 456 g/mol. The van der Waals surface area contributed by atoms with E-state index in [1.807, 2.05) is 0 Å². The number of carbonyl (C=O) groups is 2. The molecule has 34 heavy (non-hydrogen) atoms. The standard InChI is InChI=1S/C27H54OS.C3H6OS/c1-3-5-7-9-11-13-15-17-19-21-23-25-26(27(28)29)24-22-20-18-16-14-12-10-8-6-4-2;1-2-3(4)5/h26H,3-25H2,1-2H3,(H,28,29);2H2,1H3,(H,4,5). The third-order valence-electron chi connectivity index (χ3n) is 6.71. The molecule has 1 unspecified atom stereocenters. The molecule has 0 rings (SSSR count). The Morgan fingerprint density at radius 1 is 0.471 bits per heavy atom. The summed E-state index contributed by atoms with van der Waals surface area (Å²) in [7, 11) is 0. The fourth-order valence-corrected chi connectivity index (χ4v) is 4.58. The quantitative estimate of drug-likeness (QED) is 0.0934. The fraction of sp³-hybridized carbons (Fsp3) is 0.933. The van der Waals surface area contributed by atoms with E-state index in [4.69, 9.17) is 0 Å². The molecule has 0 aromatic carbocycles. The molecule has 0 bridgehead atoms. The highest BCUT2D eigenvalue weighted by atomic mass is 32.1. The van der Waals surface area contributed by atoms with Crippen LogP contribution in [0.4, 0.5) is 0 Å². The zero-order chi connectivity index (χ0) is 25.7. The van der Waals surface area contributed by atoms with Crippen LogP contribution in [-0.2, 0) is 9.59 Å². The molecule has 0 heterocycles. The molecule has 1 atom stereocenters. The van der Waals surface area contributed by atoms with Crippen molar-refractivity contribution in [3.8, 4) is 0 Å². The fourth-order valence-electron chi connectivity index (χ4n) is 4.32. The van der Waals surface area contributed by atoms with Gasteiger partial charge in [0.25, 0.3) is 0 Å². The van der Waals surface area contributed by atoms with E-state index in [2.05, 4.69) is 39.1 Å². The van der Waals surface area contributed by atoms with Gasteiger partial charge in [0.15, 0.2) is 10.2 Å². The smallest absolute Gasteiger partial charge is 0.188 e. The average molecular weight is 517 g/mol. The SMILES string of the molecule is CCC(=O)S.CCCCCCCCCCCCCC(CCCCCCCCCCCC)C(=O)S. The summed E-state index contributed by atoms with van der Waals surface area (Å²) in [5, 5.41) is 0.0815. The Labute approximate surface area is 225 Å². The third kappa shape index (κ3) is 32.0. The number of thiol groups is 2. The van der Waals surface area contributed by atoms with E-state index >= 15 is 0 Å². The Bertz CT molecular complexity index is 426. The highest BCUT2D eigenvalue weighted by molar-refractivity contribution is 7.96. The third-order valence-corrected chi connectivity index (χ3v) is 7.40. The topological polar surface area (TPSA) is 34.1 Å². The number of rotatable bonds is 25. The van der Waals surface area contributed by atoms with Gasteiger partial charge in [-0.15, -0.1) is 25.3 Å². The van der Waals surface area contributed by atoms with Crippen molar-refractivity contribution in [1.29, 1.82) is 0 Å². The molecule has 0 aromatic heterocycles. The van der Waals surface area contributed by atoms with E-state index in [1.54, 1.807) is 6.92 Å². The Morgan fingerprint density at radius 3 is 0.912 bits per heavy atom. The van der Waals surface area contributed by atoms with Crippen LogP contribution in [0.3, 0.4) is 0 Å². The van der Waals surface area contributed by atoms with Crippen molar-refractivity contribution in [2.75, 3.05) is 0 Å². The summed E-state index contributed by atoms with van der Waals surface area (Å²) in [5.74, 6) is 0.214. The lowest BCUT2D eigenvalue weighted by atomic mass is 9.95. The predicted octanol–water partition coefficient (Wildman–Crippen LogP) is 10.9. The van der Waals surface area contributed by atoms with Gasteiger partial charge in [-0.2, -0.15) is 0 Å². The van der Waals surface area contributed by atoms with E-state index in [1.165, 1.54) is 135 Å². The van der Waals surface area contributed by atoms with Crippen LogP contribution in [0, 0.1) is 5.92 Å². The molecule has 0 fully saturated rings. The highest BCUT2D eigenvalue weighted by Gasteiger charge is 2.14. The van der Waals surface area contributed by atoms with Crippen molar-refractivity contribution in [2.24, 2.45) is 5.92 Å². The van der Waals surface area contributed by atoms with Crippen LogP contribution in [0.25, 0.3) is 0 Å². The molecule has 0 aliphatic carbocycles. The van der Waals surface area contributed by atoms with E-state index < -0.39 is 0 Å². The van der Waals surface area contributed by atoms with Crippen LogP contribution in [0.1, 0.15) is 175 Å². The molecule has 204 valence electrons. The largest absolute Gasteiger partial charge is 0.288 e. The summed E-state index contributed by atoms with van der Waals surface area (Å²) in [6.07, 6.45) is 31.4. The molecule has 0 spiro atoms. The van der Waals surface area contributed by atoms with Crippen molar-refractivity contribution < 1.29 is 9.59 Å². The van der Waals surface area contributed by atoms with Gasteiger partial charge in [-0.1, -0.05) is 156 Å². The predicted molar refractivity (Wildman–Crippen MR) is 159 cm³/mol. The zero-order valence-electron chi connectivity index (χ0n) is 23.3. The van der Waals surface area contributed by atoms with Crippen LogP contribution in [-0.4, -0.2) is 10.2 Å². The molecular formula is C30H60O2S2. The number of unbranched alkanes of at least 4 members (excludes halogenated alkanes) is 19. The van der Waals surface area contributed by atoms with E-state index in [-0.39, 0.29) is 16.1 Å². The summed E-state index contributed by atoms with van der Waals surface area (Å²) >= 11 is 7.62. The maximum absolute atomic E-state index is 11.8. The first-order valence-corrected chi connectivity index (χ1v) is 15.8. The minimum Gasteiger partial charge on any atom is -0.288 e. The van der Waals surface area contributed by atoms with E-state index in [0.717, 1.165) is 12.8 Å². The Hall–Kier alpha value is 0.0400. The molecule has 0 saturated carbocycles. The lowest BCUT2D eigenvalue weighted by molar-refractivity contribution is -0.114. The van der Waals surface area contributed by atoms with Gasteiger partial charge in [0, 0.05) is 12.3 Å². The van der Waals surface area contributed by atoms with Crippen molar-refractivity contribution in [2.45, 2.75) is 175 Å². The maximum atomic E-state index is 11.8. The van der Waals surface area contributed by atoms with Gasteiger partial charge in [-0.05, 0) is 12.8 Å². The van der Waals surface area contributed by atoms with Gasteiger partial charge in [0.1, 0.15) is 0 Å². The van der Waals surface area contributed by atoms with Crippen LogP contribution >= 0.6 is 25.3 Å². The molecule has 2 nitrogen and oxygen atoms in total. The van der Waals surface area contributed by atoms with Crippen molar-refractivity contribution >= 4 is 35.5 Å². The van der Waals surface area contributed by atoms with Gasteiger partial charge in [-0.3, -0.25) is 9.59 Å². The lowest BCUT2D eigenvalue weighted by Crippen LogP contribution is -2.09. The molecule has 0 aliphatic rings. The summed E-state index contributed by atoms with van der Waals surface area (Å²) in [6, 6.07) is 0. The van der Waals surface area contributed by atoms with Crippen LogP contribution in [0.15, 0.2) is 0 Å². The van der Waals surface area contributed by atoms with Crippen LogP contribution < -0.4 is 0 Å². The molecule has 0 saturated heterocycles. The molecule has 0 aromatic rings. The Morgan fingerprint density at radius 2 is 0.706 bits per heavy atom. The van der Waals surface area contributed by atoms with E-state index in [9.17, 15) is 9.59 Å². The average Bonchev–Trinajstić information content (AvgIpc) is 2.82. The van der Waals surface area contributed by atoms with Gasteiger partial charge in [0.05, 0.1) is 0 Å². The highest BCUT2D eigenvalue weighted by Crippen LogP contribution is 2.21. The second kappa shape index (κ2) is 31.1. The molecule has 0 radical (unpaired) electrons. The first-order chi connectivity index (χ1) is 16.5. The first-order valence-electron chi connectivity index (χ1n) is 14.9. The molecule has 4 heteroatoms. The minimum atomic E-state index is -0.0509. The minimum absolute atomic E-state index is 0.0509. The van der Waals surface area contributed by atoms with Gasteiger partial charge < -0.3 is 0 Å². The van der Waals surface area contributed by atoms with Crippen molar-refractivity contribution in [1.82, 2.24) is 0 Å². The van der Waals surface area contributed by atoms with Crippen LogP contribution in [0.2, 0.25) is 0 Å². The normalized spacial score (nSPS) is 11.7. The Kier molecular flexibility index (Phi) is 33.1. The molecule has 0 amide bonds. The van der Waals surface area contributed by atoms with Gasteiger partial charge in [0.2, 0.25) is 0 Å². The summed E-state index contributed by atoms with van der Waals surface area (Å²) in [6.45, 7) is 6.33. The second-order valence-electron chi connectivity index (χ2n) is 10.1. The molecule has 0 N–H and O–H groups in total. The number of carbonyl (C=O) groups excluding carboxylic acids is 2. The van der Waals surface area contributed by atoms with Gasteiger partial charge in [-0.25, -0.2) is 0 Å². The first kappa shape index (κ1) is 36.2. The second-order valence-corrected chi connectivity index (χ2v) is 11.0. The summed E-state index contributed by atoms with van der Waals surface area (Å²) < 4.78 is 0. The molecule has 0 aliphatic heterocycles. The van der Waals surface area contributed by atoms with Crippen LogP contribution in [0.5, 0.6) is 0 Å². The van der Waals surface area contributed by atoms with Crippen molar-refractivity contribution in [3.63, 3.8) is 0 Å². The number of hydrogen-bond donors (Lipinski definition) is 2. The van der Waals surface area contributed by atoms with Gasteiger partial charge >= 0.3 is 0 Å². The zero-order valence-corrected chi connectivity index (χ0v) is 25.0. The van der Waals surface area contributed by atoms with Crippen molar-refractivity contribution in [3.05, 3.63) is 0 Å². The van der Waals surface area contributed by atoms with E-state index in [0.29, 0.717) is 6.42 Å².